The number of halogens is 3. The van der Waals surface area contributed by atoms with E-state index in [1.165, 1.54) is 12.1 Å². The molecule has 0 aliphatic heterocycles. The van der Waals surface area contributed by atoms with Crippen LogP contribution in [0.25, 0.3) is 17.3 Å². The monoisotopic (exact) mass is 320 g/mol. The molecule has 1 aromatic carbocycles. The molecule has 4 N–H and O–H groups in total. The van der Waals surface area contributed by atoms with Crippen LogP contribution in [0.1, 0.15) is 24.0 Å². The molecule has 3 rings (SSSR count). The Morgan fingerprint density at radius 2 is 1.70 bits per heavy atom. The standard InChI is InChI=1S/C16H15F3N4/c17-16(18,19)11-6-4-10(5-7-11)13-12(8-3-9-1-2-9)14(20)23-15(21)22-13/h3-9H,1-2H2,(H4,20,21,22,23)/b8-3+. The molecule has 0 bridgehead atoms. The van der Waals surface area contributed by atoms with Crippen molar-refractivity contribution in [3.63, 3.8) is 0 Å². The van der Waals surface area contributed by atoms with E-state index in [9.17, 15) is 13.2 Å². The van der Waals surface area contributed by atoms with Crippen molar-refractivity contribution in [2.75, 3.05) is 11.5 Å². The van der Waals surface area contributed by atoms with Crippen molar-refractivity contribution in [2.45, 2.75) is 19.0 Å². The van der Waals surface area contributed by atoms with Crippen molar-refractivity contribution in [3.8, 4) is 11.3 Å². The minimum atomic E-state index is -4.38. The molecule has 0 saturated heterocycles. The Morgan fingerprint density at radius 1 is 1.04 bits per heavy atom. The lowest BCUT2D eigenvalue weighted by Gasteiger charge is -2.11. The summed E-state index contributed by atoms with van der Waals surface area (Å²) in [6, 6.07) is 4.74. The van der Waals surface area contributed by atoms with Gasteiger partial charge in [0.25, 0.3) is 0 Å². The molecule has 0 amide bonds. The summed E-state index contributed by atoms with van der Waals surface area (Å²) in [6.45, 7) is 0. The van der Waals surface area contributed by atoms with Gasteiger partial charge in [-0.2, -0.15) is 18.2 Å². The highest BCUT2D eigenvalue weighted by Crippen LogP contribution is 2.35. The summed E-state index contributed by atoms with van der Waals surface area (Å²) in [6.07, 6.45) is 1.71. The number of nitrogen functional groups attached to an aromatic ring is 2. The smallest absolute Gasteiger partial charge is 0.383 e. The summed E-state index contributed by atoms with van der Waals surface area (Å²) < 4.78 is 38.0. The molecule has 1 aliphatic carbocycles. The first-order valence-electron chi connectivity index (χ1n) is 7.13. The fourth-order valence-corrected chi connectivity index (χ4v) is 2.23. The van der Waals surface area contributed by atoms with E-state index < -0.39 is 11.7 Å². The van der Waals surface area contributed by atoms with E-state index in [0.717, 1.165) is 25.0 Å². The second kappa shape index (κ2) is 5.57. The lowest BCUT2D eigenvalue weighted by molar-refractivity contribution is -0.137. The van der Waals surface area contributed by atoms with E-state index in [1.54, 1.807) is 0 Å². The van der Waals surface area contributed by atoms with Crippen molar-refractivity contribution in [3.05, 3.63) is 41.5 Å². The van der Waals surface area contributed by atoms with E-state index in [2.05, 4.69) is 9.97 Å². The van der Waals surface area contributed by atoms with E-state index in [-0.39, 0.29) is 11.8 Å². The van der Waals surface area contributed by atoms with Gasteiger partial charge in [-0.1, -0.05) is 24.3 Å². The number of nitrogens with two attached hydrogens (primary N) is 2. The third-order valence-electron chi connectivity index (χ3n) is 3.64. The Bertz CT molecular complexity index is 747. The quantitative estimate of drug-likeness (QED) is 0.903. The molecule has 1 fully saturated rings. The highest BCUT2D eigenvalue weighted by Gasteiger charge is 2.30. The molecule has 0 unspecified atom stereocenters. The van der Waals surface area contributed by atoms with Crippen LogP contribution in [0.15, 0.2) is 30.3 Å². The summed E-state index contributed by atoms with van der Waals surface area (Å²) in [7, 11) is 0. The molecule has 23 heavy (non-hydrogen) atoms. The van der Waals surface area contributed by atoms with Crippen LogP contribution >= 0.6 is 0 Å². The van der Waals surface area contributed by atoms with Gasteiger partial charge in [-0.3, -0.25) is 0 Å². The molecule has 1 aromatic heterocycles. The van der Waals surface area contributed by atoms with Gasteiger partial charge in [0.15, 0.2) is 0 Å². The van der Waals surface area contributed by atoms with Crippen molar-refractivity contribution >= 4 is 17.8 Å². The third kappa shape index (κ3) is 3.44. The maximum absolute atomic E-state index is 12.7. The maximum atomic E-state index is 12.7. The average molecular weight is 320 g/mol. The van der Waals surface area contributed by atoms with Gasteiger partial charge in [0, 0.05) is 11.1 Å². The molecule has 1 saturated carbocycles. The maximum Gasteiger partial charge on any atom is 0.416 e. The normalized spacial score (nSPS) is 15.3. The summed E-state index contributed by atoms with van der Waals surface area (Å²) >= 11 is 0. The Kier molecular flexibility index (Phi) is 3.71. The van der Waals surface area contributed by atoms with Gasteiger partial charge in [0.2, 0.25) is 5.95 Å². The Labute approximate surface area is 131 Å². The van der Waals surface area contributed by atoms with Crippen molar-refractivity contribution in [1.29, 1.82) is 0 Å². The van der Waals surface area contributed by atoms with Gasteiger partial charge in [-0.25, -0.2) is 4.98 Å². The fraction of sp³-hybridized carbons (Fsp3) is 0.250. The summed E-state index contributed by atoms with van der Waals surface area (Å²) in [5.74, 6) is 0.720. The SMILES string of the molecule is Nc1nc(N)c(/C=C/C2CC2)c(-c2ccc(C(F)(F)F)cc2)n1. The topological polar surface area (TPSA) is 77.8 Å². The van der Waals surface area contributed by atoms with Crippen LogP contribution < -0.4 is 11.5 Å². The molecule has 7 heteroatoms. The highest BCUT2D eigenvalue weighted by molar-refractivity contribution is 5.78. The van der Waals surface area contributed by atoms with Crippen molar-refractivity contribution in [1.82, 2.24) is 9.97 Å². The Balaban J connectivity index is 2.03. The fourth-order valence-electron chi connectivity index (χ4n) is 2.23. The first-order valence-corrected chi connectivity index (χ1v) is 7.13. The van der Waals surface area contributed by atoms with Crippen LogP contribution in [0, 0.1) is 5.92 Å². The first kappa shape index (κ1) is 15.3. The van der Waals surface area contributed by atoms with E-state index >= 15 is 0 Å². The Morgan fingerprint density at radius 3 is 2.26 bits per heavy atom. The molecule has 120 valence electrons. The minimum Gasteiger partial charge on any atom is -0.383 e. The lowest BCUT2D eigenvalue weighted by Crippen LogP contribution is -2.06. The van der Waals surface area contributed by atoms with Gasteiger partial charge in [0.05, 0.1) is 11.3 Å². The van der Waals surface area contributed by atoms with E-state index in [0.29, 0.717) is 22.7 Å². The number of hydrogen-bond donors (Lipinski definition) is 2. The van der Waals surface area contributed by atoms with Gasteiger partial charge in [0.1, 0.15) is 5.82 Å². The number of anilines is 2. The van der Waals surface area contributed by atoms with Crippen LogP contribution in [0.5, 0.6) is 0 Å². The summed E-state index contributed by atoms with van der Waals surface area (Å²) in [5, 5.41) is 0. The number of benzene rings is 1. The van der Waals surface area contributed by atoms with Gasteiger partial charge in [-0.05, 0) is 30.9 Å². The van der Waals surface area contributed by atoms with Crippen molar-refractivity contribution < 1.29 is 13.2 Å². The third-order valence-corrected chi connectivity index (χ3v) is 3.64. The summed E-state index contributed by atoms with van der Waals surface area (Å²) in [4.78, 5) is 8.08. The molecular weight excluding hydrogens is 305 g/mol. The predicted octanol–water partition coefficient (Wildman–Crippen LogP) is 3.75. The molecule has 4 nitrogen and oxygen atoms in total. The number of alkyl halides is 3. The minimum absolute atomic E-state index is 0.0130. The lowest BCUT2D eigenvalue weighted by atomic mass is 10.0. The molecular formula is C16H15F3N4. The zero-order valence-corrected chi connectivity index (χ0v) is 12.1. The van der Waals surface area contributed by atoms with E-state index in [4.69, 9.17) is 11.5 Å². The zero-order chi connectivity index (χ0) is 16.6. The second-order valence-corrected chi connectivity index (χ2v) is 5.50. The molecule has 0 atom stereocenters. The number of rotatable bonds is 3. The molecule has 1 heterocycles. The van der Waals surface area contributed by atoms with Gasteiger partial charge < -0.3 is 11.5 Å². The highest BCUT2D eigenvalue weighted by atomic mass is 19.4. The summed E-state index contributed by atoms with van der Waals surface area (Å²) in [5.41, 5.74) is 12.3. The number of hydrogen-bond acceptors (Lipinski definition) is 4. The Hall–Kier alpha value is -2.57. The number of aromatic nitrogens is 2. The molecule has 0 spiro atoms. The molecule has 0 radical (unpaired) electrons. The van der Waals surface area contributed by atoms with Crippen LogP contribution in [0.3, 0.4) is 0 Å². The second-order valence-electron chi connectivity index (χ2n) is 5.50. The predicted molar refractivity (Wildman–Crippen MR) is 83.1 cm³/mol. The number of nitrogens with zero attached hydrogens (tertiary/aromatic N) is 2. The van der Waals surface area contributed by atoms with Crippen LogP contribution in [0.2, 0.25) is 0 Å². The largest absolute Gasteiger partial charge is 0.416 e. The molecule has 2 aromatic rings. The van der Waals surface area contributed by atoms with Gasteiger partial charge in [-0.15, -0.1) is 0 Å². The van der Waals surface area contributed by atoms with Crippen LogP contribution in [0.4, 0.5) is 24.9 Å². The molecule has 1 aliphatic rings. The zero-order valence-electron chi connectivity index (χ0n) is 12.1. The van der Waals surface area contributed by atoms with Crippen LogP contribution in [-0.4, -0.2) is 9.97 Å². The first-order chi connectivity index (χ1) is 10.8. The average Bonchev–Trinajstić information content (AvgIpc) is 3.29. The van der Waals surface area contributed by atoms with Crippen LogP contribution in [-0.2, 0) is 6.18 Å². The van der Waals surface area contributed by atoms with E-state index in [1.807, 2.05) is 12.2 Å². The van der Waals surface area contributed by atoms with Gasteiger partial charge >= 0.3 is 6.18 Å². The number of allylic oxidation sites excluding steroid dienone is 1. The van der Waals surface area contributed by atoms with Crippen molar-refractivity contribution in [2.24, 2.45) is 5.92 Å².